The van der Waals surface area contributed by atoms with Gasteiger partial charge >= 0.3 is 0 Å². The van der Waals surface area contributed by atoms with Crippen LogP contribution in [0.5, 0.6) is 0 Å². The molecule has 0 spiro atoms. The lowest BCUT2D eigenvalue weighted by Crippen LogP contribution is -2.48. The predicted molar refractivity (Wildman–Crippen MR) is 109 cm³/mol. The second kappa shape index (κ2) is 10.8. The van der Waals surface area contributed by atoms with Crippen LogP contribution in [0.1, 0.15) is 55.1 Å². The number of rotatable bonds is 8. The Bertz CT molecular complexity index is 532. The topological polar surface area (TPSA) is 52.5 Å². The van der Waals surface area contributed by atoms with Crippen molar-refractivity contribution >= 4 is 17.3 Å². The first-order valence-corrected chi connectivity index (χ1v) is 10.6. The first-order chi connectivity index (χ1) is 12.1. The van der Waals surface area contributed by atoms with Crippen molar-refractivity contribution in [3.05, 3.63) is 15.6 Å². The number of aromatic nitrogens is 1. The van der Waals surface area contributed by atoms with E-state index in [1.54, 1.807) is 11.3 Å². The van der Waals surface area contributed by atoms with Gasteiger partial charge in [-0.05, 0) is 46.6 Å². The largest absolute Gasteiger partial charge is 0.357 e. The summed E-state index contributed by atoms with van der Waals surface area (Å²) in [6.07, 6.45) is 6.00. The summed E-state index contributed by atoms with van der Waals surface area (Å²) in [4.78, 5) is 13.2. The highest BCUT2D eigenvalue weighted by molar-refractivity contribution is 7.11. The van der Waals surface area contributed by atoms with E-state index in [1.807, 2.05) is 0 Å². The molecule has 1 saturated heterocycles. The van der Waals surface area contributed by atoms with Crippen LogP contribution in [0.4, 0.5) is 0 Å². The standard InChI is InChI=1S/C19H35N5S/c1-5-7-12-24-13-9-17(10-14-24)23-19(20-6-2)21-11-8-18-15(3)22-16(4)25-18/h17H,5-14H2,1-4H3,(H2,20,21,23). The Morgan fingerprint density at radius 3 is 2.64 bits per heavy atom. The van der Waals surface area contributed by atoms with E-state index in [0.717, 1.165) is 36.2 Å². The van der Waals surface area contributed by atoms with Gasteiger partial charge < -0.3 is 15.5 Å². The van der Waals surface area contributed by atoms with Crippen LogP contribution >= 0.6 is 11.3 Å². The minimum absolute atomic E-state index is 0.545. The highest BCUT2D eigenvalue weighted by Gasteiger charge is 2.19. The highest BCUT2D eigenvalue weighted by Crippen LogP contribution is 2.17. The number of hydrogen-bond donors (Lipinski definition) is 2. The van der Waals surface area contributed by atoms with Crippen LogP contribution in [0.3, 0.4) is 0 Å². The molecule has 5 nitrogen and oxygen atoms in total. The Balaban J connectivity index is 1.79. The molecule has 1 aromatic heterocycles. The van der Waals surface area contributed by atoms with Crippen LogP contribution in [-0.4, -0.2) is 54.6 Å². The molecule has 0 unspecified atom stereocenters. The lowest BCUT2D eigenvalue weighted by Gasteiger charge is -2.33. The summed E-state index contributed by atoms with van der Waals surface area (Å²) in [6.45, 7) is 13.9. The van der Waals surface area contributed by atoms with Crippen molar-refractivity contribution in [1.82, 2.24) is 20.5 Å². The molecule has 0 aliphatic carbocycles. The number of nitrogens with zero attached hydrogens (tertiary/aromatic N) is 3. The van der Waals surface area contributed by atoms with Gasteiger partial charge in [0.25, 0.3) is 0 Å². The quantitative estimate of drug-likeness (QED) is 0.549. The molecule has 1 aliphatic heterocycles. The zero-order valence-corrected chi connectivity index (χ0v) is 17.2. The van der Waals surface area contributed by atoms with E-state index in [-0.39, 0.29) is 0 Å². The maximum Gasteiger partial charge on any atom is 0.191 e. The van der Waals surface area contributed by atoms with Crippen molar-refractivity contribution in [2.75, 3.05) is 32.7 Å². The molecule has 0 amide bonds. The number of aryl methyl sites for hydroxylation is 2. The number of thiazole rings is 1. The number of hydrogen-bond acceptors (Lipinski definition) is 4. The number of nitrogens with one attached hydrogen (secondary N) is 2. The third-order valence-electron chi connectivity index (χ3n) is 4.71. The number of unbranched alkanes of at least 4 members (excludes halogenated alkanes) is 1. The Morgan fingerprint density at radius 2 is 2.04 bits per heavy atom. The number of piperidine rings is 1. The summed E-state index contributed by atoms with van der Waals surface area (Å²) in [6, 6.07) is 0.545. The van der Waals surface area contributed by atoms with Crippen molar-refractivity contribution in [3.8, 4) is 0 Å². The van der Waals surface area contributed by atoms with E-state index in [4.69, 9.17) is 4.99 Å². The van der Waals surface area contributed by atoms with Gasteiger partial charge in [0.1, 0.15) is 0 Å². The summed E-state index contributed by atoms with van der Waals surface area (Å²) < 4.78 is 0. The Hall–Kier alpha value is -1.14. The third kappa shape index (κ3) is 6.94. The lowest BCUT2D eigenvalue weighted by molar-refractivity contribution is 0.203. The Morgan fingerprint density at radius 1 is 1.28 bits per heavy atom. The lowest BCUT2D eigenvalue weighted by atomic mass is 10.0. The predicted octanol–water partition coefficient (Wildman–Crippen LogP) is 3.12. The van der Waals surface area contributed by atoms with Crippen molar-refractivity contribution < 1.29 is 0 Å². The van der Waals surface area contributed by atoms with Crippen LogP contribution in [0.15, 0.2) is 4.99 Å². The van der Waals surface area contributed by atoms with E-state index in [9.17, 15) is 0 Å². The van der Waals surface area contributed by atoms with Crippen LogP contribution in [0.25, 0.3) is 0 Å². The first kappa shape index (κ1) is 20.2. The monoisotopic (exact) mass is 365 g/mol. The molecule has 0 radical (unpaired) electrons. The number of aliphatic imine (C=N–C) groups is 1. The first-order valence-electron chi connectivity index (χ1n) is 9.82. The van der Waals surface area contributed by atoms with E-state index in [1.165, 1.54) is 50.2 Å². The van der Waals surface area contributed by atoms with Gasteiger partial charge in [-0.15, -0.1) is 11.3 Å². The fraction of sp³-hybridized carbons (Fsp3) is 0.789. The second-order valence-corrected chi connectivity index (χ2v) is 8.15. The van der Waals surface area contributed by atoms with Gasteiger partial charge in [-0.3, -0.25) is 4.99 Å². The average molecular weight is 366 g/mol. The fourth-order valence-corrected chi connectivity index (χ4v) is 4.20. The zero-order chi connectivity index (χ0) is 18.1. The molecule has 2 rings (SSSR count). The molecule has 0 atom stereocenters. The van der Waals surface area contributed by atoms with Crippen molar-refractivity contribution in [1.29, 1.82) is 0 Å². The molecule has 0 bridgehead atoms. The molecule has 142 valence electrons. The molecule has 0 aromatic carbocycles. The van der Waals surface area contributed by atoms with Gasteiger partial charge in [0, 0.05) is 43.5 Å². The molecular weight excluding hydrogens is 330 g/mol. The van der Waals surface area contributed by atoms with Gasteiger partial charge in [0.2, 0.25) is 0 Å². The Labute approximate surface area is 157 Å². The van der Waals surface area contributed by atoms with E-state index in [2.05, 4.69) is 48.2 Å². The smallest absolute Gasteiger partial charge is 0.191 e. The SMILES string of the molecule is CCCCN1CCC(NC(=NCCc2sc(C)nc2C)NCC)CC1. The molecule has 1 aliphatic rings. The van der Waals surface area contributed by atoms with Crippen LogP contribution in [0, 0.1) is 13.8 Å². The minimum atomic E-state index is 0.545. The highest BCUT2D eigenvalue weighted by atomic mass is 32.1. The summed E-state index contributed by atoms with van der Waals surface area (Å²) in [5.41, 5.74) is 1.16. The summed E-state index contributed by atoms with van der Waals surface area (Å²) in [5, 5.41) is 8.18. The molecule has 1 aromatic rings. The zero-order valence-electron chi connectivity index (χ0n) is 16.4. The fourth-order valence-electron chi connectivity index (χ4n) is 3.27. The van der Waals surface area contributed by atoms with Gasteiger partial charge in [-0.1, -0.05) is 13.3 Å². The number of likely N-dealkylation sites (tertiary alicyclic amines) is 1. The van der Waals surface area contributed by atoms with E-state index < -0.39 is 0 Å². The normalized spacial score (nSPS) is 17.0. The average Bonchev–Trinajstić information content (AvgIpc) is 2.92. The van der Waals surface area contributed by atoms with Gasteiger partial charge in [0.05, 0.1) is 10.7 Å². The molecule has 6 heteroatoms. The molecule has 2 N–H and O–H groups in total. The molecule has 2 heterocycles. The maximum absolute atomic E-state index is 4.78. The molecule has 25 heavy (non-hydrogen) atoms. The molecule has 1 fully saturated rings. The summed E-state index contributed by atoms with van der Waals surface area (Å²) in [5.74, 6) is 0.966. The van der Waals surface area contributed by atoms with Gasteiger partial charge in [-0.2, -0.15) is 0 Å². The van der Waals surface area contributed by atoms with E-state index in [0.29, 0.717) is 6.04 Å². The maximum atomic E-state index is 4.78. The minimum Gasteiger partial charge on any atom is -0.357 e. The van der Waals surface area contributed by atoms with Crippen molar-refractivity contribution in [3.63, 3.8) is 0 Å². The van der Waals surface area contributed by atoms with Gasteiger partial charge in [0.15, 0.2) is 5.96 Å². The van der Waals surface area contributed by atoms with Crippen molar-refractivity contribution in [2.45, 2.75) is 65.8 Å². The van der Waals surface area contributed by atoms with Crippen LogP contribution in [-0.2, 0) is 6.42 Å². The van der Waals surface area contributed by atoms with Gasteiger partial charge in [-0.25, -0.2) is 4.98 Å². The number of guanidine groups is 1. The van der Waals surface area contributed by atoms with Crippen molar-refractivity contribution in [2.24, 2.45) is 4.99 Å². The molecular formula is C19H35N5S. The third-order valence-corrected chi connectivity index (χ3v) is 5.84. The summed E-state index contributed by atoms with van der Waals surface area (Å²) >= 11 is 1.79. The Kier molecular flexibility index (Phi) is 8.68. The summed E-state index contributed by atoms with van der Waals surface area (Å²) in [7, 11) is 0. The van der Waals surface area contributed by atoms with E-state index >= 15 is 0 Å². The molecule has 0 saturated carbocycles. The second-order valence-electron chi connectivity index (χ2n) is 6.87. The van der Waals surface area contributed by atoms with Crippen LogP contribution in [0.2, 0.25) is 0 Å². The van der Waals surface area contributed by atoms with Crippen LogP contribution < -0.4 is 10.6 Å².